The molecule has 12 heteroatoms. The second kappa shape index (κ2) is 10.5. The number of benzene rings is 2. The van der Waals surface area contributed by atoms with Gasteiger partial charge in [-0.3, -0.25) is 9.59 Å². The molecule has 2 aliphatic rings. The average molecular weight is 545 g/mol. The van der Waals surface area contributed by atoms with Crippen LogP contribution < -0.4 is 16.0 Å². The van der Waals surface area contributed by atoms with Crippen LogP contribution in [0.5, 0.6) is 0 Å². The molecule has 0 aromatic heterocycles. The van der Waals surface area contributed by atoms with Crippen molar-refractivity contribution in [2.45, 2.75) is 62.0 Å². The van der Waals surface area contributed by atoms with E-state index in [-0.39, 0.29) is 30.9 Å². The number of carbonyl (C=O) groups excluding carboxylic acids is 2. The summed E-state index contributed by atoms with van der Waals surface area (Å²) in [6.07, 6.45) is -7.58. The van der Waals surface area contributed by atoms with Crippen molar-refractivity contribution in [1.29, 1.82) is 0 Å². The van der Waals surface area contributed by atoms with Gasteiger partial charge in [0, 0.05) is 24.6 Å². The van der Waals surface area contributed by atoms with Gasteiger partial charge >= 0.3 is 12.4 Å². The van der Waals surface area contributed by atoms with Gasteiger partial charge in [-0.05, 0) is 62.1 Å². The first kappa shape index (κ1) is 27.9. The van der Waals surface area contributed by atoms with E-state index in [9.17, 15) is 40.3 Å². The van der Waals surface area contributed by atoms with Gasteiger partial charge in [-0.2, -0.15) is 26.3 Å². The summed E-state index contributed by atoms with van der Waals surface area (Å²) in [6.45, 7) is 1.30. The number of nitrogens with one attached hydrogen (secondary N) is 3. The first-order valence-electron chi connectivity index (χ1n) is 12.1. The van der Waals surface area contributed by atoms with Crippen LogP contribution in [0, 0.1) is 5.82 Å². The SMILES string of the molecule is O=C(N[C@@H]1CCCNC1)C(Cc1ccc(C(F)(F)F)cc1)NC(=O)C1(c2ccc(C(F)(F)F)cc2F)CC1. The van der Waals surface area contributed by atoms with Crippen molar-refractivity contribution in [1.82, 2.24) is 16.0 Å². The lowest BCUT2D eigenvalue weighted by Crippen LogP contribution is -2.55. The largest absolute Gasteiger partial charge is 0.416 e. The third-order valence-corrected chi connectivity index (χ3v) is 6.98. The fourth-order valence-electron chi connectivity index (χ4n) is 4.67. The maximum absolute atomic E-state index is 14.7. The van der Waals surface area contributed by atoms with Crippen LogP contribution in [0.4, 0.5) is 30.7 Å². The summed E-state index contributed by atoms with van der Waals surface area (Å²) in [5.74, 6) is -2.47. The zero-order chi connectivity index (χ0) is 27.7. The molecule has 206 valence electrons. The Morgan fingerprint density at radius 1 is 0.974 bits per heavy atom. The second-order valence-corrected chi connectivity index (χ2v) is 9.75. The smallest absolute Gasteiger partial charge is 0.350 e. The first-order valence-corrected chi connectivity index (χ1v) is 12.1. The van der Waals surface area contributed by atoms with Gasteiger partial charge < -0.3 is 16.0 Å². The van der Waals surface area contributed by atoms with Crippen molar-refractivity contribution in [2.75, 3.05) is 13.1 Å². The van der Waals surface area contributed by atoms with Crippen LogP contribution in [-0.2, 0) is 33.8 Å². The first-order chi connectivity index (χ1) is 17.8. The van der Waals surface area contributed by atoms with Gasteiger partial charge in [0.15, 0.2) is 0 Å². The lowest BCUT2D eigenvalue weighted by Gasteiger charge is -2.28. The lowest BCUT2D eigenvalue weighted by atomic mass is 9.92. The Hall–Kier alpha value is -3.15. The normalized spacial score (nSPS) is 19.9. The fraction of sp³-hybridized carbons (Fsp3) is 0.462. The van der Waals surface area contributed by atoms with Crippen LogP contribution >= 0.6 is 0 Å². The van der Waals surface area contributed by atoms with E-state index in [2.05, 4.69) is 16.0 Å². The number of carbonyl (C=O) groups is 2. The Labute approximate surface area is 214 Å². The van der Waals surface area contributed by atoms with Crippen LogP contribution in [0.25, 0.3) is 0 Å². The Balaban J connectivity index is 1.55. The van der Waals surface area contributed by atoms with Crippen LogP contribution in [0.3, 0.4) is 0 Å². The molecular weight excluding hydrogens is 519 g/mol. The molecule has 5 nitrogen and oxygen atoms in total. The predicted octanol–water partition coefficient (Wildman–Crippen LogP) is 4.49. The van der Waals surface area contributed by atoms with E-state index in [0.29, 0.717) is 30.7 Å². The van der Waals surface area contributed by atoms with Crippen LogP contribution in [0.2, 0.25) is 0 Å². The van der Waals surface area contributed by atoms with Crippen molar-refractivity contribution in [3.8, 4) is 0 Å². The minimum atomic E-state index is -4.75. The Morgan fingerprint density at radius 2 is 1.61 bits per heavy atom. The topological polar surface area (TPSA) is 70.2 Å². The van der Waals surface area contributed by atoms with E-state index in [4.69, 9.17) is 0 Å². The van der Waals surface area contributed by atoms with Crippen LogP contribution in [0.1, 0.15) is 47.9 Å². The molecule has 2 aromatic carbocycles. The maximum Gasteiger partial charge on any atom is 0.416 e. The minimum absolute atomic E-state index is 0.137. The molecule has 1 heterocycles. The zero-order valence-electron chi connectivity index (χ0n) is 20.1. The van der Waals surface area contributed by atoms with Crippen molar-refractivity contribution in [3.63, 3.8) is 0 Å². The van der Waals surface area contributed by atoms with Crippen LogP contribution in [-0.4, -0.2) is 37.0 Å². The quantitative estimate of drug-likeness (QED) is 0.450. The van der Waals surface area contributed by atoms with Gasteiger partial charge in [0.25, 0.3) is 0 Å². The summed E-state index contributed by atoms with van der Waals surface area (Å²) < 4.78 is 92.4. The van der Waals surface area contributed by atoms with E-state index in [1.165, 1.54) is 12.1 Å². The van der Waals surface area contributed by atoms with E-state index < -0.39 is 52.6 Å². The number of amides is 2. The van der Waals surface area contributed by atoms with Crippen LogP contribution in [0.15, 0.2) is 42.5 Å². The summed E-state index contributed by atoms with van der Waals surface area (Å²) in [4.78, 5) is 26.5. The monoisotopic (exact) mass is 545 g/mol. The third kappa shape index (κ3) is 6.28. The molecule has 2 fully saturated rings. The average Bonchev–Trinajstić information content (AvgIpc) is 3.65. The second-order valence-electron chi connectivity index (χ2n) is 9.75. The van der Waals surface area contributed by atoms with Gasteiger partial charge in [-0.25, -0.2) is 4.39 Å². The molecule has 2 aromatic rings. The van der Waals surface area contributed by atoms with Gasteiger partial charge in [0.1, 0.15) is 11.9 Å². The van der Waals surface area contributed by atoms with Gasteiger partial charge in [-0.15, -0.1) is 0 Å². The molecule has 0 radical (unpaired) electrons. The van der Waals surface area contributed by atoms with Gasteiger partial charge in [-0.1, -0.05) is 18.2 Å². The third-order valence-electron chi connectivity index (χ3n) is 6.98. The highest BCUT2D eigenvalue weighted by atomic mass is 19.4. The van der Waals surface area contributed by atoms with E-state index >= 15 is 0 Å². The molecule has 1 unspecified atom stereocenters. The van der Waals surface area contributed by atoms with E-state index in [1.807, 2.05) is 0 Å². The molecule has 1 aliphatic carbocycles. The number of hydrogen-bond donors (Lipinski definition) is 3. The van der Waals surface area contributed by atoms with Gasteiger partial charge in [0.05, 0.1) is 16.5 Å². The molecule has 0 spiro atoms. The number of piperidine rings is 1. The summed E-state index contributed by atoms with van der Waals surface area (Å²) in [5.41, 5.74) is -3.33. The Morgan fingerprint density at radius 3 is 2.13 bits per heavy atom. The number of rotatable bonds is 7. The molecule has 3 N–H and O–H groups in total. The zero-order valence-corrected chi connectivity index (χ0v) is 20.1. The summed E-state index contributed by atoms with van der Waals surface area (Å²) in [7, 11) is 0. The summed E-state index contributed by atoms with van der Waals surface area (Å²) in [5, 5.41) is 8.56. The standard InChI is InChI=1S/C26H26F7N3O2/c27-20-13-17(26(31,32)33)7-8-19(20)24(9-10-24)23(38)36-21(22(37)35-18-2-1-11-34-14-18)12-15-3-5-16(6-4-15)25(28,29)30/h3-8,13,18,21,34H,1-2,9-12,14H2,(H,35,37)(H,36,38)/t18-,21?/m1/s1. The molecule has 1 aliphatic heterocycles. The molecule has 0 bridgehead atoms. The summed E-state index contributed by atoms with van der Waals surface area (Å²) in [6, 6.07) is 4.72. The Kier molecular flexibility index (Phi) is 7.74. The van der Waals surface area contributed by atoms with Crippen molar-refractivity contribution >= 4 is 11.8 Å². The minimum Gasteiger partial charge on any atom is -0.350 e. The molecular formula is C26H26F7N3O2. The predicted molar refractivity (Wildman–Crippen MR) is 123 cm³/mol. The van der Waals surface area contributed by atoms with Crippen molar-refractivity contribution < 1.29 is 40.3 Å². The Bertz CT molecular complexity index is 1170. The lowest BCUT2D eigenvalue weighted by molar-refractivity contribution is -0.138. The van der Waals surface area contributed by atoms with E-state index in [0.717, 1.165) is 31.2 Å². The number of halogens is 7. The van der Waals surface area contributed by atoms with Crippen molar-refractivity contribution in [3.05, 3.63) is 70.5 Å². The number of alkyl halides is 6. The highest BCUT2D eigenvalue weighted by molar-refractivity contribution is 5.95. The highest BCUT2D eigenvalue weighted by Gasteiger charge is 2.53. The maximum atomic E-state index is 14.7. The molecule has 1 saturated heterocycles. The van der Waals surface area contributed by atoms with Crippen molar-refractivity contribution in [2.24, 2.45) is 0 Å². The molecule has 38 heavy (non-hydrogen) atoms. The number of hydrogen-bond acceptors (Lipinski definition) is 3. The fourth-order valence-corrected chi connectivity index (χ4v) is 4.67. The highest BCUT2D eigenvalue weighted by Crippen LogP contribution is 2.50. The summed E-state index contributed by atoms with van der Waals surface area (Å²) >= 11 is 0. The molecule has 4 rings (SSSR count). The molecule has 1 saturated carbocycles. The van der Waals surface area contributed by atoms with E-state index in [1.54, 1.807) is 0 Å². The molecule has 2 amide bonds. The van der Waals surface area contributed by atoms with Gasteiger partial charge in [0.2, 0.25) is 11.8 Å². The molecule has 2 atom stereocenters.